The molecule has 0 aliphatic carbocycles. The number of H-pyrrole nitrogens is 1. The molecule has 1 aliphatic rings. The Balaban J connectivity index is 1.95. The summed E-state index contributed by atoms with van der Waals surface area (Å²) in [5, 5.41) is 11.2. The number of benzene rings is 2. The number of aromatic nitrogens is 1. The number of esters is 1. The van der Waals surface area contributed by atoms with E-state index in [0.29, 0.717) is 41.0 Å². The predicted octanol–water partition coefficient (Wildman–Crippen LogP) is 4.47. The Labute approximate surface area is 179 Å². The zero-order chi connectivity index (χ0) is 22.1. The highest BCUT2D eigenvalue weighted by atomic mass is 19.1. The summed E-state index contributed by atoms with van der Waals surface area (Å²) in [6.45, 7) is 6.78. The molecule has 2 N–H and O–H groups in total. The van der Waals surface area contributed by atoms with E-state index in [2.05, 4.69) is 4.98 Å². The average molecular weight is 424 g/mol. The summed E-state index contributed by atoms with van der Waals surface area (Å²) in [4.78, 5) is 20.3. The molecule has 1 aromatic heterocycles. The third-order valence-electron chi connectivity index (χ3n) is 5.40. The maximum atomic E-state index is 14.1. The maximum absolute atomic E-state index is 14.1. The van der Waals surface area contributed by atoms with Crippen LogP contribution in [0.15, 0.2) is 41.4 Å². The Bertz CT molecular complexity index is 1170. The first-order chi connectivity index (χ1) is 14.9. The normalized spacial score (nSPS) is 14.8. The van der Waals surface area contributed by atoms with E-state index in [4.69, 9.17) is 14.5 Å². The summed E-state index contributed by atoms with van der Waals surface area (Å²) in [5.41, 5.74) is 4.14. The van der Waals surface area contributed by atoms with Gasteiger partial charge in [0, 0.05) is 16.5 Å². The van der Waals surface area contributed by atoms with Crippen LogP contribution in [-0.4, -0.2) is 34.4 Å². The number of aliphatic imine (C=N–C) groups is 1. The number of carbonyl (C=O) groups excluding carboxylic acids is 1. The standard InChI is InChI=1S/C24H25FN2O4/c1-4-31-24(29)21(13(2)3)27-22(14-5-6-15-11-30-12-16(15)9-14)20-18-10-17(25)7-8-19(18)26-23(20)28/h5-10,13,21,26,28H,4,11-12H2,1-3H3. The van der Waals surface area contributed by atoms with Gasteiger partial charge in [0.1, 0.15) is 5.82 Å². The van der Waals surface area contributed by atoms with Crippen molar-refractivity contribution in [3.8, 4) is 5.88 Å². The number of nitrogens with one attached hydrogen (secondary N) is 1. The van der Waals surface area contributed by atoms with Crippen molar-refractivity contribution in [2.45, 2.75) is 40.0 Å². The van der Waals surface area contributed by atoms with Crippen LogP contribution in [-0.2, 0) is 27.5 Å². The van der Waals surface area contributed by atoms with Gasteiger partial charge in [-0.3, -0.25) is 4.99 Å². The minimum absolute atomic E-state index is 0.137. The highest BCUT2D eigenvalue weighted by Gasteiger charge is 2.27. The van der Waals surface area contributed by atoms with Crippen molar-refractivity contribution in [3.63, 3.8) is 0 Å². The quantitative estimate of drug-likeness (QED) is 0.452. The molecule has 2 aromatic carbocycles. The number of halogens is 1. The van der Waals surface area contributed by atoms with Gasteiger partial charge in [-0.15, -0.1) is 0 Å². The molecule has 0 saturated carbocycles. The van der Waals surface area contributed by atoms with Gasteiger partial charge >= 0.3 is 5.97 Å². The summed E-state index contributed by atoms with van der Waals surface area (Å²) < 4.78 is 24.8. The Morgan fingerprint density at radius 2 is 2.00 bits per heavy atom. The molecule has 1 unspecified atom stereocenters. The molecule has 0 bridgehead atoms. The van der Waals surface area contributed by atoms with Gasteiger partial charge in [0.25, 0.3) is 0 Å². The van der Waals surface area contributed by atoms with Crippen LogP contribution in [0.5, 0.6) is 5.88 Å². The van der Waals surface area contributed by atoms with Crippen molar-refractivity contribution in [2.75, 3.05) is 6.61 Å². The van der Waals surface area contributed by atoms with Crippen LogP contribution in [0.2, 0.25) is 0 Å². The van der Waals surface area contributed by atoms with E-state index in [1.54, 1.807) is 13.0 Å². The number of rotatable bonds is 6. The minimum atomic E-state index is -0.780. The monoisotopic (exact) mass is 424 g/mol. The van der Waals surface area contributed by atoms with Gasteiger partial charge in [-0.25, -0.2) is 9.18 Å². The number of hydrogen-bond donors (Lipinski definition) is 2. The van der Waals surface area contributed by atoms with Crippen molar-refractivity contribution in [3.05, 3.63) is 64.5 Å². The predicted molar refractivity (Wildman–Crippen MR) is 116 cm³/mol. The maximum Gasteiger partial charge on any atom is 0.331 e. The number of fused-ring (bicyclic) bond motifs is 2. The Kier molecular flexibility index (Phi) is 5.78. The van der Waals surface area contributed by atoms with Gasteiger partial charge in [0.05, 0.1) is 31.1 Å². The molecule has 0 amide bonds. The summed E-state index contributed by atoms with van der Waals surface area (Å²) in [6.07, 6.45) is 0. The van der Waals surface area contributed by atoms with E-state index in [9.17, 15) is 14.3 Å². The van der Waals surface area contributed by atoms with Crippen LogP contribution in [0.1, 0.15) is 43.0 Å². The second-order valence-electron chi connectivity index (χ2n) is 7.93. The molecule has 162 valence electrons. The van der Waals surface area contributed by atoms with Crippen LogP contribution in [0.3, 0.4) is 0 Å². The smallest absolute Gasteiger partial charge is 0.331 e. The number of carbonyl (C=O) groups is 1. The molecular formula is C24H25FN2O4. The number of aromatic hydroxyl groups is 1. The SMILES string of the molecule is CCOC(=O)C(N=C(c1ccc2c(c1)COC2)c1c(O)[nH]c2ccc(F)cc12)C(C)C. The lowest BCUT2D eigenvalue weighted by atomic mass is 9.96. The van der Waals surface area contributed by atoms with Gasteiger partial charge in [0.15, 0.2) is 11.9 Å². The van der Waals surface area contributed by atoms with Gasteiger partial charge < -0.3 is 19.6 Å². The lowest BCUT2D eigenvalue weighted by Crippen LogP contribution is -2.28. The van der Waals surface area contributed by atoms with Crippen molar-refractivity contribution in [2.24, 2.45) is 10.9 Å². The van der Waals surface area contributed by atoms with Crippen LogP contribution in [0.25, 0.3) is 10.9 Å². The van der Waals surface area contributed by atoms with E-state index in [-0.39, 0.29) is 18.4 Å². The largest absolute Gasteiger partial charge is 0.494 e. The molecule has 6 nitrogen and oxygen atoms in total. The van der Waals surface area contributed by atoms with E-state index in [1.165, 1.54) is 12.1 Å². The molecule has 0 fully saturated rings. The van der Waals surface area contributed by atoms with Crippen molar-refractivity contribution < 1.29 is 23.8 Å². The molecule has 2 heterocycles. The van der Waals surface area contributed by atoms with E-state index in [0.717, 1.165) is 11.1 Å². The zero-order valence-electron chi connectivity index (χ0n) is 17.7. The number of ether oxygens (including phenoxy) is 2. The summed E-state index contributed by atoms with van der Waals surface area (Å²) in [7, 11) is 0. The van der Waals surface area contributed by atoms with E-state index >= 15 is 0 Å². The Morgan fingerprint density at radius 1 is 1.23 bits per heavy atom. The fraction of sp³-hybridized carbons (Fsp3) is 0.333. The molecular weight excluding hydrogens is 399 g/mol. The second kappa shape index (κ2) is 8.51. The lowest BCUT2D eigenvalue weighted by Gasteiger charge is -2.18. The Hall–Kier alpha value is -3.19. The fourth-order valence-corrected chi connectivity index (χ4v) is 3.83. The molecule has 3 aromatic rings. The Morgan fingerprint density at radius 3 is 2.74 bits per heavy atom. The van der Waals surface area contributed by atoms with E-state index < -0.39 is 17.8 Å². The summed E-state index contributed by atoms with van der Waals surface area (Å²) >= 11 is 0. The first-order valence-electron chi connectivity index (χ1n) is 10.3. The van der Waals surface area contributed by atoms with Gasteiger partial charge in [0.2, 0.25) is 0 Å². The molecule has 0 radical (unpaired) electrons. The third-order valence-corrected chi connectivity index (χ3v) is 5.40. The van der Waals surface area contributed by atoms with E-state index in [1.807, 2.05) is 32.0 Å². The number of hydrogen-bond acceptors (Lipinski definition) is 5. The van der Waals surface area contributed by atoms with Gasteiger partial charge in [-0.2, -0.15) is 0 Å². The topological polar surface area (TPSA) is 83.9 Å². The fourth-order valence-electron chi connectivity index (χ4n) is 3.83. The molecule has 4 rings (SSSR count). The summed E-state index contributed by atoms with van der Waals surface area (Å²) in [6, 6.07) is 9.23. The average Bonchev–Trinajstić information content (AvgIpc) is 3.32. The van der Waals surface area contributed by atoms with Crippen LogP contribution in [0, 0.1) is 11.7 Å². The third kappa shape index (κ3) is 4.05. The lowest BCUT2D eigenvalue weighted by molar-refractivity contribution is -0.145. The first kappa shape index (κ1) is 21.1. The molecule has 0 saturated heterocycles. The zero-order valence-corrected chi connectivity index (χ0v) is 17.7. The highest BCUT2D eigenvalue weighted by molar-refractivity contribution is 6.21. The van der Waals surface area contributed by atoms with Crippen LogP contribution in [0.4, 0.5) is 4.39 Å². The van der Waals surface area contributed by atoms with Crippen LogP contribution >= 0.6 is 0 Å². The molecule has 1 aliphatic heterocycles. The van der Waals surface area contributed by atoms with Crippen molar-refractivity contribution >= 4 is 22.6 Å². The molecule has 0 spiro atoms. The summed E-state index contributed by atoms with van der Waals surface area (Å²) in [5.74, 6) is -1.15. The first-order valence-corrected chi connectivity index (χ1v) is 10.3. The van der Waals surface area contributed by atoms with Gasteiger partial charge in [-0.1, -0.05) is 26.0 Å². The molecule has 31 heavy (non-hydrogen) atoms. The molecule has 1 atom stereocenters. The number of nitrogens with zero attached hydrogens (tertiary/aromatic N) is 1. The molecule has 7 heteroatoms. The number of aromatic amines is 1. The highest BCUT2D eigenvalue weighted by Crippen LogP contribution is 2.32. The van der Waals surface area contributed by atoms with Crippen LogP contribution < -0.4 is 0 Å². The van der Waals surface area contributed by atoms with Gasteiger partial charge in [-0.05, 0) is 48.2 Å². The van der Waals surface area contributed by atoms with Crippen molar-refractivity contribution in [1.82, 2.24) is 4.98 Å². The van der Waals surface area contributed by atoms with Crippen molar-refractivity contribution in [1.29, 1.82) is 0 Å². The minimum Gasteiger partial charge on any atom is -0.494 e. The second-order valence-corrected chi connectivity index (χ2v) is 7.93.